The molecule has 0 amide bonds. The Kier molecular flexibility index (Phi) is 5.29. The van der Waals surface area contributed by atoms with Crippen LogP contribution in [0.3, 0.4) is 0 Å². The minimum atomic E-state index is -3.78. The number of ether oxygens (including phenoxy) is 1. The molecule has 2 aliphatic heterocycles. The first-order chi connectivity index (χ1) is 15.1. The SMILES string of the molecule is CO[C@H]1CCN(c2cccc(S(=O)(=O)n3cc(C4=CCNCC4)c4ncccc43)c2)C1. The van der Waals surface area contributed by atoms with Crippen molar-refractivity contribution in [3.05, 3.63) is 60.4 Å². The Bertz CT molecular complexity index is 1250. The van der Waals surface area contributed by atoms with Crippen LogP contribution in [0.5, 0.6) is 0 Å². The minimum absolute atomic E-state index is 0.181. The topological polar surface area (TPSA) is 76.5 Å². The molecule has 0 radical (unpaired) electrons. The summed E-state index contributed by atoms with van der Waals surface area (Å²) in [6.45, 7) is 3.27. The second-order valence-corrected chi connectivity index (χ2v) is 9.80. The number of rotatable bonds is 5. The van der Waals surface area contributed by atoms with E-state index in [-0.39, 0.29) is 11.0 Å². The molecule has 1 fully saturated rings. The van der Waals surface area contributed by atoms with E-state index in [1.54, 1.807) is 37.7 Å². The number of aromatic nitrogens is 2. The van der Waals surface area contributed by atoms with E-state index in [9.17, 15) is 8.42 Å². The number of pyridine rings is 1. The lowest BCUT2D eigenvalue weighted by Crippen LogP contribution is -2.22. The number of benzene rings is 1. The molecule has 0 spiro atoms. The average molecular weight is 439 g/mol. The van der Waals surface area contributed by atoms with Crippen LogP contribution in [0.4, 0.5) is 5.69 Å². The molecular formula is C23H26N4O3S. The van der Waals surface area contributed by atoms with Crippen molar-refractivity contribution in [1.82, 2.24) is 14.3 Å². The second kappa shape index (κ2) is 8.11. The van der Waals surface area contributed by atoms with Crippen LogP contribution in [0.15, 0.2) is 59.8 Å². The third-order valence-corrected chi connectivity index (χ3v) is 7.82. The van der Waals surface area contributed by atoms with Gasteiger partial charge in [-0.05, 0) is 55.3 Å². The van der Waals surface area contributed by atoms with E-state index in [0.717, 1.165) is 61.4 Å². The van der Waals surface area contributed by atoms with Gasteiger partial charge in [-0.3, -0.25) is 4.98 Å². The van der Waals surface area contributed by atoms with Crippen LogP contribution in [-0.2, 0) is 14.8 Å². The molecule has 31 heavy (non-hydrogen) atoms. The van der Waals surface area contributed by atoms with E-state index in [4.69, 9.17) is 4.74 Å². The van der Waals surface area contributed by atoms with Gasteiger partial charge >= 0.3 is 0 Å². The lowest BCUT2D eigenvalue weighted by atomic mass is 10.0. The van der Waals surface area contributed by atoms with Crippen molar-refractivity contribution in [2.24, 2.45) is 0 Å². The minimum Gasteiger partial charge on any atom is -0.380 e. The Labute approximate surface area is 182 Å². The van der Waals surface area contributed by atoms with Crippen molar-refractivity contribution in [2.75, 3.05) is 38.2 Å². The van der Waals surface area contributed by atoms with Crippen molar-refractivity contribution in [1.29, 1.82) is 0 Å². The maximum atomic E-state index is 13.7. The molecule has 0 saturated carbocycles. The molecule has 4 heterocycles. The zero-order valence-electron chi connectivity index (χ0n) is 17.5. The van der Waals surface area contributed by atoms with Crippen molar-refractivity contribution in [2.45, 2.75) is 23.8 Å². The highest BCUT2D eigenvalue weighted by atomic mass is 32.2. The van der Waals surface area contributed by atoms with Crippen LogP contribution in [0.1, 0.15) is 18.4 Å². The monoisotopic (exact) mass is 438 g/mol. The quantitative estimate of drug-likeness (QED) is 0.660. The molecule has 162 valence electrons. The van der Waals surface area contributed by atoms with Gasteiger partial charge in [0.1, 0.15) is 0 Å². The van der Waals surface area contributed by atoms with Crippen LogP contribution in [-0.4, -0.2) is 56.8 Å². The van der Waals surface area contributed by atoms with Crippen LogP contribution in [0, 0.1) is 0 Å². The fourth-order valence-corrected chi connectivity index (χ4v) is 5.84. The van der Waals surface area contributed by atoms with Gasteiger partial charge in [0.25, 0.3) is 10.0 Å². The molecule has 0 unspecified atom stereocenters. The van der Waals surface area contributed by atoms with Crippen molar-refractivity contribution >= 4 is 32.3 Å². The van der Waals surface area contributed by atoms with E-state index in [1.165, 1.54) is 3.97 Å². The third kappa shape index (κ3) is 3.64. The van der Waals surface area contributed by atoms with Gasteiger partial charge in [-0.1, -0.05) is 12.1 Å². The van der Waals surface area contributed by atoms with E-state index in [1.807, 2.05) is 18.2 Å². The van der Waals surface area contributed by atoms with Gasteiger partial charge in [-0.15, -0.1) is 0 Å². The Balaban J connectivity index is 1.58. The molecule has 2 aliphatic rings. The zero-order chi connectivity index (χ0) is 21.4. The molecule has 7 nitrogen and oxygen atoms in total. The predicted molar refractivity (Wildman–Crippen MR) is 122 cm³/mol. The largest absolute Gasteiger partial charge is 0.380 e. The maximum absolute atomic E-state index is 13.7. The van der Waals surface area contributed by atoms with Gasteiger partial charge in [0.2, 0.25) is 0 Å². The highest BCUT2D eigenvalue weighted by molar-refractivity contribution is 7.90. The van der Waals surface area contributed by atoms with Crippen molar-refractivity contribution in [3.8, 4) is 0 Å². The first kappa shape index (κ1) is 20.2. The molecule has 3 aromatic rings. The lowest BCUT2D eigenvalue weighted by Gasteiger charge is -2.19. The van der Waals surface area contributed by atoms with Crippen molar-refractivity contribution < 1.29 is 13.2 Å². The number of fused-ring (bicyclic) bond motifs is 1. The van der Waals surface area contributed by atoms with Crippen LogP contribution < -0.4 is 10.2 Å². The van der Waals surface area contributed by atoms with E-state index < -0.39 is 10.0 Å². The first-order valence-corrected chi connectivity index (χ1v) is 12.0. The second-order valence-electron chi connectivity index (χ2n) is 7.99. The summed E-state index contributed by atoms with van der Waals surface area (Å²) >= 11 is 0. The summed E-state index contributed by atoms with van der Waals surface area (Å²) in [7, 11) is -2.06. The summed E-state index contributed by atoms with van der Waals surface area (Å²) in [5.74, 6) is 0. The summed E-state index contributed by atoms with van der Waals surface area (Å²) in [5, 5.41) is 3.30. The Morgan fingerprint density at radius 1 is 1.23 bits per heavy atom. The normalized spacial score (nSPS) is 19.7. The molecule has 1 atom stereocenters. The highest BCUT2D eigenvalue weighted by Gasteiger charge is 2.26. The maximum Gasteiger partial charge on any atom is 0.268 e. The summed E-state index contributed by atoms with van der Waals surface area (Å²) < 4.78 is 34.2. The number of methoxy groups -OCH3 is 1. The Morgan fingerprint density at radius 2 is 2.13 bits per heavy atom. The summed E-state index contributed by atoms with van der Waals surface area (Å²) in [5.41, 5.74) is 4.24. The Morgan fingerprint density at radius 3 is 2.90 bits per heavy atom. The van der Waals surface area contributed by atoms with Gasteiger partial charge in [0.15, 0.2) is 0 Å². The summed E-state index contributed by atoms with van der Waals surface area (Å²) in [4.78, 5) is 6.96. The molecule has 5 rings (SSSR count). The average Bonchev–Trinajstić information content (AvgIpc) is 3.45. The van der Waals surface area contributed by atoms with Crippen molar-refractivity contribution in [3.63, 3.8) is 0 Å². The third-order valence-electron chi connectivity index (χ3n) is 6.15. The molecule has 2 aromatic heterocycles. The standard InChI is InChI=1S/C23H26N4O3S/c1-30-19-9-13-26(15-19)18-4-2-5-20(14-18)31(28,29)27-16-21(17-7-11-24-12-8-17)23-22(27)6-3-10-25-23/h2-7,10,14,16,19,24H,8-9,11-13,15H2,1H3/t19-/m0/s1. The fraction of sp³-hybridized carbons (Fsp3) is 0.348. The molecular weight excluding hydrogens is 412 g/mol. The number of hydrogen-bond acceptors (Lipinski definition) is 6. The molecule has 0 aliphatic carbocycles. The van der Waals surface area contributed by atoms with Crippen LogP contribution in [0.25, 0.3) is 16.6 Å². The fourth-order valence-electron chi connectivity index (χ4n) is 4.44. The van der Waals surface area contributed by atoms with E-state index in [0.29, 0.717) is 5.52 Å². The molecule has 8 heteroatoms. The van der Waals surface area contributed by atoms with Crippen LogP contribution >= 0.6 is 0 Å². The summed E-state index contributed by atoms with van der Waals surface area (Å²) in [6.07, 6.45) is 7.53. The number of anilines is 1. The predicted octanol–water partition coefficient (Wildman–Crippen LogP) is 2.88. The van der Waals surface area contributed by atoms with Gasteiger partial charge < -0.3 is 15.0 Å². The molecule has 1 N–H and O–H groups in total. The summed E-state index contributed by atoms with van der Waals surface area (Å²) in [6, 6.07) is 10.8. The first-order valence-electron chi connectivity index (χ1n) is 10.6. The molecule has 1 aromatic carbocycles. The molecule has 0 bridgehead atoms. The van der Waals surface area contributed by atoms with E-state index >= 15 is 0 Å². The van der Waals surface area contributed by atoms with Gasteiger partial charge in [0.05, 0.1) is 22.0 Å². The zero-order valence-corrected chi connectivity index (χ0v) is 18.3. The highest BCUT2D eigenvalue weighted by Crippen LogP contribution is 2.32. The number of hydrogen-bond donors (Lipinski definition) is 1. The van der Waals surface area contributed by atoms with E-state index in [2.05, 4.69) is 21.3 Å². The Hall–Kier alpha value is -2.68. The molecule has 1 saturated heterocycles. The number of nitrogens with one attached hydrogen (secondary N) is 1. The number of nitrogens with zero attached hydrogens (tertiary/aromatic N) is 3. The smallest absolute Gasteiger partial charge is 0.268 e. The van der Waals surface area contributed by atoms with Crippen LogP contribution in [0.2, 0.25) is 0 Å². The van der Waals surface area contributed by atoms with Gasteiger partial charge in [0, 0.05) is 50.4 Å². The lowest BCUT2D eigenvalue weighted by molar-refractivity contribution is 0.121. The van der Waals surface area contributed by atoms with Gasteiger partial charge in [-0.2, -0.15) is 0 Å². The van der Waals surface area contributed by atoms with Gasteiger partial charge in [-0.25, -0.2) is 12.4 Å².